The molecule has 0 unspecified atom stereocenters. The second-order valence-corrected chi connectivity index (χ2v) is 10.5. The van der Waals surface area contributed by atoms with E-state index in [9.17, 15) is 9.90 Å². The Morgan fingerprint density at radius 3 is 2.27 bits per heavy atom. The molecule has 1 heterocycles. The Morgan fingerprint density at radius 2 is 1.60 bits per heavy atom. The van der Waals surface area contributed by atoms with E-state index in [1.54, 1.807) is 12.1 Å². The van der Waals surface area contributed by atoms with Crippen LogP contribution in [0.25, 0.3) is 0 Å². The van der Waals surface area contributed by atoms with E-state index >= 15 is 0 Å². The molecule has 0 spiro atoms. The molecule has 1 aliphatic rings. The molecule has 0 aromatic heterocycles. The van der Waals surface area contributed by atoms with Crippen molar-refractivity contribution in [3.05, 3.63) is 137 Å². The van der Waals surface area contributed by atoms with Gasteiger partial charge in [0, 0.05) is 22.4 Å². The molecule has 0 amide bonds. The summed E-state index contributed by atoms with van der Waals surface area (Å²) in [7, 11) is 0. The SMILES string of the molecule is C=C(C)[C@H]1C[C@H](c2cccc(Cl)c2)[C@H](c2ccccc2)O[C@@H]1c1cc(Oc2ccccc2)ccc1OCC(=O)O. The van der Waals surface area contributed by atoms with E-state index in [0.29, 0.717) is 27.8 Å². The van der Waals surface area contributed by atoms with Gasteiger partial charge in [-0.05, 0) is 66.9 Å². The average molecular weight is 555 g/mol. The Balaban J connectivity index is 1.59. The normalized spacial score (nSPS) is 20.4. The number of para-hydroxylation sites is 1. The summed E-state index contributed by atoms with van der Waals surface area (Å²) in [6.07, 6.45) is 0.00902. The lowest BCUT2D eigenvalue weighted by atomic mass is 9.74. The average Bonchev–Trinajstić information content (AvgIpc) is 2.96. The van der Waals surface area contributed by atoms with E-state index in [0.717, 1.165) is 23.1 Å². The smallest absolute Gasteiger partial charge is 0.341 e. The Hall–Kier alpha value is -4.06. The van der Waals surface area contributed by atoms with Crippen molar-refractivity contribution in [2.24, 2.45) is 5.92 Å². The fourth-order valence-corrected chi connectivity index (χ4v) is 5.53. The van der Waals surface area contributed by atoms with Crippen LogP contribution in [0.5, 0.6) is 17.2 Å². The highest BCUT2D eigenvalue weighted by atomic mass is 35.5. The first-order valence-corrected chi connectivity index (χ1v) is 13.6. The van der Waals surface area contributed by atoms with Crippen LogP contribution < -0.4 is 9.47 Å². The number of carbonyl (C=O) groups is 1. The van der Waals surface area contributed by atoms with E-state index in [-0.39, 0.29) is 17.9 Å². The molecular weight excluding hydrogens is 524 g/mol. The maximum atomic E-state index is 11.4. The number of benzene rings is 4. The van der Waals surface area contributed by atoms with Gasteiger partial charge in [-0.15, -0.1) is 0 Å². The van der Waals surface area contributed by atoms with E-state index in [2.05, 4.69) is 24.8 Å². The summed E-state index contributed by atoms with van der Waals surface area (Å²) in [5, 5.41) is 10.0. The standard InChI is InChI=1S/C34H31ClO5/c1-22(2)28-20-29(24-12-9-13-25(35)18-24)33(23-10-5-3-6-11-23)40-34(28)30-19-27(39-26-14-7-4-8-15-26)16-17-31(30)38-21-32(36)37/h3-19,28-29,33-34H,1,20-21H2,2H3,(H,36,37)/t28-,29-,33+,34+/m1/s1. The van der Waals surface area contributed by atoms with Crippen molar-refractivity contribution in [3.8, 4) is 17.2 Å². The van der Waals surface area contributed by atoms with Gasteiger partial charge < -0.3 is 19.3 Å². The highest BCUT2D eigenvalue weighted by Crippen LogP contribution is 2.53. The number of rotatable bonds is 9. The van der Waals surface area contributed by atoms with Crippen LogP contribution in [0.4, 0.5) is 0 Å². The molecule has 0 saturated carbocycles. The van der Waals surface area contributed by atoms with Crippen LogP contribution in [0.2, 0.25) is 5.02 Å². The lowest BCUT2D eigenvalue weighted by Gasteiger charge is -2.43. The van der Waals surface area contributed by atoms with Crippen LogP contribution in [0.3, 0.4) is 0 Å². The van der Waals surface area contributed by atoms with Crippen LogP contribution in [-0.4, -0.2) is 17.7 Å². The van der Waals surface area contributed by atoms with Gasteiger partial charge in [0.05, 0.1) is 12.2 Å². The number of aliphatic carboxylic acids is 1. The fraction of sp³-hybridized carbons (Fsp3) is 0.206. The third-order valence-corrected chi connectivity index (χ3v) is 7.42. The molecular formula is C34H31ClO5. The van der Waals surface area contributed by atoms with Gasteiger partial charge in [-0.25, -0.2) is 4.79 Å². The van der Waals surface area contributed by atoms with E-state index < -0.39 is 18.7 Å². The zero-order valence-electron chi connectivity index (χ0n) is 22.2. The van der Waals surface area contributed by atoms with Crippen LogP contribution in [0.1, 0.15) is 48.2 Å². The first-order valence-electron chi connectivity index (χ1n) is 13.2. The van der Waals surface area contributed by atoms with Gasteiger partial charge in [0.15, 0.2) is 6.61 Å². The second-order valence-electron chi connectivity index (χ2n) is 10.0. The lowest BCUT2D eigenvalue weighted by Crippen LogP contribution is -2.32. The Kier molecular flexibility index (Phi) is 8.54. The van der Waals surface area contributed by atoms with Gasteiger partial charge in [-0.2, -0.15) is 0 Å². The van der Waals surface area contributed by atoms with Gasteiger partial charge >= 0.3 is 5.97 Å². The highest BCUT2D eigenvalue weighted by molar-refractivity contribution is 6.30. The minimum absolute atomic E-state index is 0.0196. The molecule has 4 aromatic rings. The molecule has 0 bridgehead atoms. The second kappa shape index (κ2) is 12.4. The monoisotopic (exact) mass is 554 g/mol. The first-order chi connectivity index (χ1) is 19.4. The third-order valence-electron chi connectivity index (χ3n) is 7.19. The van der Waals surface area contributed by atoms with Gasteiger partial charge in [0.25, 0.3) is 0 Å². The van der Waals surface area contributed by atoms with Crippen molar-refractivity contribution in [2.45, 2.75) is 31.5 Å². The summed E-state index contributed by atoms with van der Waals surface area (Å²) in [5.74, 6) is 0.610. The third kappa shape index (κ3) is 6.39. The predicted molar refractivity (Wildman–Crippen MR) is 156 cm³/mol. The zero-order valence-corrected chi connectivity index (χ0v) is 23.0. The van der Waals surface area contributed by atoms with Crippen molar-refractivity contribution in [1.29, 1.82) is 0 Å². The summed E-state index contributed by atoms with van der Waals surface area (Å²) in [6, 6.07) is 32.9. The van der Waals surface area contributed by atoms with E-state index in [1.165, 1.54) is 0 Å². The molecule has 4 aromatic carbocycles. The molecule has 5 rings (SSSR count). The summed E-state index contributed by atoms with van der Waals surface area (Å²) in [4.78, 5) is 11.4. The van der Waals surface area contributed by atoms with Gasteiger partial charge in [0.1, 0.15) is 17.2 Å². The minimum atomic E-state index is -1.06. The highest BCUT2D eigenvalue weighted by Gasteiger charge is 2.41. The molecule has 1 aliphatic heterocycles. The number of ether oxygens (including phenoxy) is 3. The summed E-state index contributed by atoms with van der Waals surface area (Å²) in [6.45, 7) is 5.85. The molecule has 204 valence electrons. The first kappa shape index (κ1) is 27.5. The van der Waals surface area contributed by atoms with Crippen molar-refractivity contribution < 1.29 is 24.1 Å². The lowest BCUT2D eigenvalue weighted by molar-refractivity contribution is -0.139. The molecule has 1 N–H and O–H groups in total. The number of carboxylic acids is 1. The summed E-state index contributed by atoms with van der Waals surface area (Å²) < 4.78 is 18.9. The van der Waals surface area contributed by atoms with E-state index in [4.69, 9.17) is 25.8 Å². The van der Waals surface area contributed by atoms with Gasteiger partial charge in [-0.1, -0.05) is 84.4 Å². The predicted octanol–water partition coefficient (Wildman–Crippen LogP) is 8.77. The van der Waals surface area contributed by atoms with Crippen molar-refractivity contribution in [1.82, 2.24) is 0 Å². The molecule has 0 radical (unpaired) electrons. The maximum Gasteiger partial charge on any atom is 0.341 e. The van der Waals surface area contributed by atoms with Crippen molar-refractivity contribution in [3.63, 3.8) is 0 Å². The van der Waals surface area contributed by atoms with Crippen LogP contribution >= 0.6 is 11.6 Å². The Bertz CT molecular complexity index is 1470. The zero-order chi connectivity index (χ0) is 28.1. The number of carboxylic acid groups (broad SMARTS) is 1. The number of hydrogen-bond donors (Lipinski definition) is 1. The molecule has 0 aliphatic carbocycles. The fourth-order valence-electron chi connectivity index (χ4n) is 5.33. The number of halogens is 1. The van der Waals surface area contributed by atoms with Gasteiger partial charge in [0.2, 0.25) is 0 Å². The Labute approximate surface area is 239 Å². The van der Waals surface area contributed by atoms with E-state index in [1.807, 2.05) is 79.7 Å². The summed E-state index contributed by atoms with van der Waals surface area (Å²) in [5.41, 5.74) is 3.81. The molecule has 40 heavy (non-hydrogen) atoms. The van der Waals surface area contributed by atoms with Crippen molar-refractivity contribution >= 4 is 17.6 Å². The van der Waals surface area contributed by atoms with Crippen LogP contribution in [0, 0.1) is 5.92 Å². The topological polar surface area (TPSA) is 65.0 Å². The maximum absolute atomic E-state index is 11.4. The molecule has 6 heteroatoms. The minimum Gasteiger partial charge on any atom is -0.482 e. The molecule has 4 atom stereocenters. The van der Waals surface area contributed by atoms with Crippen LogP contribution in [-0.2, 0) is 9.53 Å². The van der Waals surface area contributed by atoms with Gasteiger partial charge in [-0.3, -0.25) is 0 Å². The quantitative estimate of drug-likeness (QED) is 0.209. The Morgan fingerprint density at radius 1 is 0.900 bits per heavy atom. The largest absolute Gasteiger partial charge is 0.482 e. The molecule has 1 fully saturated rings. The van der Waals surface area contributed by atoms with Crippen LogP contribution in [0.15, 0.2) is 115 Å². The molecule has 1 saturated heterocycles. The van der Waals surface area contributed by atoms with Crippen molar-refractivity contribution in [2.75, 3.05) is 6.61 Å². The molecule has 5 nitrogen and oxygen atoms in total. The summed E-state index contributed by atoms with van der Waals surface area (Å²) >= 11 is 6.41. The number of hydrogen-bond acceptors (Lipinski definition) is 4.